The summed E-state index contributed by atoms with van der Waals surface area (Å²) in [4.78, 5) is 11.7. The van der Waals surface area contributed by atoms with E-state index in [-0.39, 0.29) is 30.0 Å². The van der Waals surface area contributed by atoms with E-state index in [1.807, 2.05) is 19.1 Å². The van der Waals surface area contributed by atoms with Crippen molar-refractivity contribution in [2.45, 2.75) is 45.6 Å². The smallest absolute Gasteiger partial charge is 0.228 e. The van der Waals surface area contributed by atoms with Gasteiger partial charge in [-0.2, -0.15) is 4.98 Å². The monoisotopic (exact) mass is 542 g/mol. The number of nitrogens with one attached hydrogen (secondary N) is 2. The molecule has 172 valence electrons. The highest BCUT2D eigenvalue weighted by Crippen LogP contribution is 2.26. The second kappa shape index (κ2) is 13.5. The van der Waals surface area contributed by atoms with Crippen molar-refractivity contribution >= 4 is 29.9 Å². The van der Waals surface area contributed by atoms with E-state index in [1.165, 1.54) is 24.8 Å². The first kappa shape index (κ1) is 25.4. The van der Waals surface area contributed by atoms with Crippen molar-refractivity contribution in [1.29, 1.82) is 0 Å². The van der Waals surface area contributed by atoms with Crippen LogP contribution in [0, 0.1) is 6.92 Å². The lowest BCUT2D eigenvalue weighted by molar-refractivity contribution is 0.167. The average molecular weight is 542 g/mol. The fraction of sp³-hybridized carbons (Fsp3) is 0.591. The SMILES string of the molecule is CCNC(=NCC(c1ccc(OC)cc1)N1CCCCC1)NCCc1nc(C)no1.I. The third-order valence-electron chi connectivity index (χ3n) is 5.30. The van der Waals surface area contributed by atoms with Crippen LogP contribution in [0.5, 0.6) is 5.75 Å². The molecule has 1 aliphatic heterocycles. The Morgan fingerprint density at radius 2 is 1.94 bits per heavy atom. The Morgan fingerprint density at radius 3 is 2.55 bits per heavy atom. The number of guanidine groups is 1. The molecule has 1 aromatic heterocycles. The number of aromatic nitrogens is 2. The highest BCUT2D eigenvalue weighted by Gasteiger charge is 2.22. The summed E-state index contributed by atoms with van der Waals surface area (Å²) >= 11 is 0. The van der Waals surface area contributed by atoms with E-state index < -0.39 is 0 Å². The van der Waals surface area contributed by atoms with Gasteiger partial charge in [-0.1, -0.05) is 23.7 Å². The summed E-state index contributed by atoms with van der Waals surface area (Å²) < 4.78 is 10.5. The van der Waals surface area contributed by atoms with Crippen LogP contribution in [0.25, 0.3) is 0 Å². The highest BCUT2D eigenvalue weighted by molar-refractivity contribution is 14.0. The highest BCUT2D eigenvalue weighted by atomic mass is 127. The van der Waals surface area contributed by atoms with E-state index in [0.29, 0.717) is 31.2 Å². The number of aliphatic imine (C=N–C) groups is 1. The number of rotatable bonds is 9. The second-order valence-corrected chi connectivity index (χ2v) is 7.52. The molecule has 2 N–H and O–H groups in total. The minimum Gasteiger partial charge on any atom is -0.497 e. The standard InChI is InChI=1S/C22H34N6O2.HI/c1-4-23-22(24-13-12-21-26-17(2)27-30-21)25-16-20(28-14-6-5-7-15-28)18-8-10-19(29-3)11-9-18;/h8-11,20H,4-7,12-16H2,1-3H3,(H2,23,24,25);1H. The molecular weight excluding hydrogens is 507 g/mol. The molecule has 3 rings (SSSR count). The lowest BCUT2D eigenvalue weighted by Crippen LogP contribution is -2.40. The second-order valence-electron chi connectivity index (χ2n) is 7.52. The van der Waals surface area contributed by atoms with Crippen molar-refractivity contribution in [1.82, 2.24) is 25.7 Å². The number of aryl methyl sites for hydroxylation is 1. The van der Waals surface area contributed by atoms with Crippen LogP contribution in [0.1, 0.15) is 49.5 Å². The Bertz CT molecular complexity index is 790. The van der Waals surface area contributed by atoms with Crippen LogP contribution in [0.3, 0.4) is 0 Å². The summed E-state index contributed by atoms with van der Waals surface area (Å²) in [5.41, 5.74) is 1.28. The van der Waals surface area contributed by atoms with Gasteiger partial charge in [-0.3, -0.25) is 9.89 Å². The van der Waals surface area contributed by atoms with Crippen LogP contribution in [0.4, 0.5) is 0 Å². The summed E-state index contributed by atoms with van der Waals surface area (Å²) in [5, 5.41) is 10.5. The molecule has 0 amide bonds. The van der Waals surface area contributed by atoms with Crippen LogP contribution >= 0.6 is 24.0 Å². The number of likely N-dealkylation sites (tertiary alicyclic amines) is 1. The zero-order valence-electron chi connectivity index (χ0n) is 18.8. The number of ether oxygens (including phenoxy) is 1. The molecule has 1 saturated heterocycles. The number of piperidine rings is 1. The molecule has 0 saturated carbocycles. The Labute approximate surface area is 202 Å². The number of halogens is 1. The van der Waals surface area contributed by atoms with Gasteiger partial charge in [0.05, 0.1) is 19.7 Å². The quantitative estimate of drug-likeness (QED) is 0.286. The fourth-order valence-corrected chi connectivity index (χ4v) is 3.74. The molecule has 1 atom stereocenters. The molecule has 0 radical (unpaired) electrons. The van der Waals surface area contributed by atoms with Crippen molar-refractivity contribution in [2.75, 3.05) is 39.8 Å². The molecule has 9 heteroatoms. The predicted octanol–water partition coefficient (Wildman–Crippen LogP) is 3.33. The van der Waals surface area contributed by atoms with E-state index in [9.17, 15) is 0 Å². The zero-order chi connectivity index (χ0) is 21.2. The lowest BCUT2D eigenvalue weighted by atomic mass is 10.0. The third kappa shape index (κ3) is 7.95. The molecule has 1 aromatic carbocycles. The van der Waals surface area contributed by atoms with Crippen molar-refractivity contribution in [3.05, 3.63) is 41.5 Å². The number of hydrogen-bond donors (Lipinski definition) is 2. The Balaban J connectivity index is 0.00000341. The average Bonchev–Trinajstić information content (AvgIpc) is 3.20. The van der Waals surface area contributed by atoms with E-state index >= 15 is 0 Å². The van der Waals surface area contributed by atoms with Crippen LogP contribution in [-0.4, -0.2) is 60.8 Å². The van der Waals surface area contributed by atoms with E-state index in [4.69, 9.17) is 14.3 Å². The number of hydrogen-bond acceptors (Lipinski definition) is 6. The van der Waals surface area contributed by atoms with Crippen LogP contribution < -0.4 is 15.4 Å². The summed E-state index contributed by atoms with van der Waals surface area (Å²) in [6.07, 6.45) is 4.48. The maximum absolute atomic E-state index is 5.33. The van der Waals surface area contributed by atoms with Gasteiger partial charge in [0.2, 0.25) is 5.89 Å². The van der Waals surface area contributed by atoms with Gasteiger partial charge in [0.25, 0.3) is 0 Å². The van der Waals surface area contributed by atoms with E-state index in [1.54, 1.807) is 7.11 Å². The van der Waals surface area contributed by atoms with Gasteiger partial charge in [-0.05, 0) is 57.5 Å². The Kier molecular flexibility index (Phi) is 11.1. The Hall–Kier alpha value is -1.88. The van der Waals surface area contributed by atoms with E-state index in [0.717, 1.165) is 31.3 Å². The number of nitrogens with zero attached hydrogens (tertiary/aromatic N) is 4. The molecule has 1 aliphatic rings. The van der Waals surface area contributed by atoms with Crippen molar-refractivity contribution in [2.24, 2.45) is 4.99 Å². The largest absolute Gasteiger partial charge is 0.497 e. The van der Waals surface area contributed by atoms with Crippen molar-refractivity contribution < 1.29 is 9.26 Å². The summed E-state index contributed by atoms with van der Waals surface area (Å²) in [6, 6.07) is 8.64. The molecule has 8 nitrogen and oxygen atoms in total. The third-order valence-corrected chi connectivity index (χ3v) is 5.30. The lowest BCUT2D eigenvalue weighted by Gasteiger charge is -2.34. The van der Waals surface area contributed by atoms with E-state index in [2.05, 4.69) is 44.7 Å². The Morgan fingerprint density at radius 1 is 1.19 bits per heavy atom. The summed E-state index contributed by atoms with van der Waals surface area (Å²) in [5.74, 6) is 2.99. The maximum atomic E-state index is 5.33. The fourth-order valence-electron chi connectivity index (χ4n) is 3.74. The van der Waals surface area contributed by atoms with Crippen molar-refractivity contribution in [3.8, 4) is 5.75 Å². The number of methoxy groups -OCH3 is 1. The summed E-state index contributed by atoms with van der Waals surface area (Å²) in [6.45, 7) is 8.32. The first-order chi connectivity index (χ1) is 14.7. The van der Waals surface area contributed by atoms with Gasteiger partial charge < -0.3 is 19.9 Å². The molecule has 1 fully saturated rings. The van der Waals surface area contributed by atoms with Crippen LogP contribution in [-0.2, 0) is 6.42 Å². The van der Waals surface area contributed by atoms with Gasteiger partial charge in [-0.15, -0.1) is 24.0 Å². The molecule has 31 heavy (non-hydrogen) atoms. The van der Waals surface area contributed by atoms with Gasteiger partial charge >= 0.3 is 0 Å². The molecule has 1 unspecified atom stereocenters. The minimum atomic E-state index is 0. The first-order valence-corrected chi connectivity index (χ1v) is 10.9. The van der Waals surface area contributed by atoms with Gasteiger partial charge in [-0.25, -0.2) is 0 Å². The number of benzene rings is 1. The molecule has 2 heterocycles. The van der Waals surface area contributed by atoms with Gasteiger partial charge in [0.1, 0.15) is 5.75 Å². The maximum Gasteiger partial charge on any atom is 0.228 e. The van der Waals surface area contributed by atoms with Gasteiger partial charge in [0, 0.05) is 19.5 Å². The molecule has 0 bridgehead atoms. The first-order valence-electron chi connectivity index (χ1n) is 10.9. The molecule has 2 aromatic rings. The topological polar surface area (TPSA) is 87.8 Å². The molecule has 0 aliphatic carbocycles. The van der Waals surface area contributed by atoms with Crippen LogP contribution in [0.2, 0.25) is 0 Å². The van der Waals surface area contributed by atoms with Gasteiger partial charge in [0.15, 0.2) is 11.8 Å². The zero-order valence-corrected chi connectivity index (χ0v) is 21.1. The summed E-state index contributed by atoms with van der Waals surface area (Å²) in [7, 11) is 1.70. The van der Waals surface area contributed by atoms with Crippen LogP contribution in [0.15, 0.2) is 33.8 Å². The van der Waals surface area contributed by atoms with Crippen molar-refractivity contribution in [3.63, 3.8) is 0 Å². The molecule has 0 spiro atoms. The minimum absolute atomic E-state index is 0. The normalized spacial score (nSPS) is 15.8. The predicted molar refractivity (Wildman–Crippen MR) is 133 cm³/mol. The molecular formula is C22H35IN6O2.